The first-order chi connectivity index (χ1) is 16.0. The van der Waals surface area contributed by atoms with E-state index in [0.717, 1.165) is 22.0 Å². The summed E-state index contributed by atoms with van der Waals surface area (Å²) in [5.74, 6) is 1.11. The molecule has 0 aliphatic heterocycles. The van der Waals surface area contributed by atoms with Crippen molar-refractivity contribution in [3.8, 4) is 11.4 Å². The van der Waals surface area contributed by atoms with Gasteiger partial charge in [0.2, 0.25) is 0 Å². The molecule has 2 heterocycles. The van der Waals surface area contributed by atoms with E-state index in [1.807, 2.05) is 55.5 Å². The lowest BCUT2D eigenvalue weighted by Gasteiger charge is -2.16. The first-order valence-corrected chi connectivity index (χ1v) is 12.0. The summed E-state index contributed by atoms with van der Waals surface area (Å²) >= 11 is 13.9. The van der Waals surface area contributed by atoms with Crippen molar-refractivity contribution >= 4 is 56.9 Å². The Hall–Kier alpha value is -2.93. The van der Waals surface area contributed by atoms with E-state index in [2.05, 4.69) is 4.98 Å². The van der Waals surface area contributed by atoms with Gasteiger partial charge in [0, 0.05) is 26.7 Å². The standard InChI is InChI=1S/C25H19Cl2N3O2S/c1-14-7-10-21(32-2)20(11-14)30-24(31)23-22(17-5-3-4-6-19(17)28-23)29-25(30)33-13-15-8-9-16(26)12-18(15)27/h3-12,28H,13H2,1-2H3. The van der Waals surface area contributed by atoms with Crippen LogP contribution in [-0.2, 0) is 5.75 Å². The summed E-state index contributed by atoms with van der Waals surface area (Å²) in [6.07, 6.45) is 0. The highest BCUT2D eigenvalue weighted by atomic mass is 35.5. The molecule has 0 saturated heterocycles. The lowest BCUT2D eigenvalue weighted by atomic mass is 10.2. The van der Waals surface area contributed by atoms with Crippen LogP contribution in [0.15, 0.2) is 70.6 Å². The number of hydrogen-bond acceptors (Lipinski definition) is 4. The van der Waals surface area contributed by atoms with Gasteiger partial charge in [-0.25, -0.2) is 9.55 Å². The van der Waals surface area contributed by atoms with Gasteiger partial charge in [0.25, 0.3) is 5.56 Å². The molecule has 5 rings (SSSR count). The lowest BCUT2D eigenvalue weighted by molar-refractivity contribution is 0.411. The molecule has 0 fully saturated rings. The molecule has 0 radical (unpaired) electrons. The highest BCUT2D eigenvalue weighted by molar-refractivity contribution is 7.98. The van der Waals surface area contributed by atoms with Crippen molar-refractivity contribution < 1.29 is 4.74 Å². The molecule has 5 nitrogen and oxygen atoms in total. The van der Waals surface area contributed by atoms with Crippen LogP contribution in [0.25, 0.3) is 27.6 Å². The Kier molecular flexibility index (Phi) is 5.83. The number of benzene rings is 3. The largest absolute Gasteiger partial charge is 0.495 e. The number of halogens is 2. The smallest absolute Gasteiger partial charge is 0.283 e. The maximum Gasteiger partial charge on any atom is 0.283 e. The average molecular weight is 496 g/mol. The first-order valence-electron chi connectivity index (χ1n) is 10.2. The quantitative estimate of drug-likeness (QED) is 0.215. The number of nitrogens with one attached hydrogen (secondary N) is 1. The van der Waals surface area contributed by atoms with Gasteiger partial charge in [0.1, 0.15) is 16.8 Å². The van der Waals surface area contributed by atoms with E-state index >= 15 is 0 Å². The molecule has 0 spiro atoms. The maximum absolute atomic E-state index is 13.8. The highest BCUT2D eigenvalue weighted by Crippen LogP contribution is 2.33. The molecule has 33 heavy (non-hydrogen) atoms. The number of H-pyrrole nitrogens is 1. The number of rotatable bonds is 5. The summed E-state index contributed by atoms with van der Waals surface area (Å²) in [5, 5.41) is 2.60. The van der Waals surface area contributed by atoms with E-state index in [-0.39, 0.29) is 5.56 Å². The van der Waals surface area contributed by atoms with Crippen molar-refractivity contribution in [3.05, 3.63) is 92.2 Å². The number of para-hydroxylation sites is 1. The minimum absolute atomic E-state index is 0.190. The van der Waals surface area contributed by atoms with Crippen LogP contribution in [0.4, 0.5) is 0 Å². The Morgan fingerprint density at radius 2 is 1.91 bits per heavy atom. The molecule has 8 heteroatoms. The van der Waals surface area contributed by atoms with Gasteiger partial charge in [-0.05, 0) is 48.4 Å². The second kappa shape index (κ2) is 8.78. The van der Waals surface area contributed by atoms with Crippen LogP contribution < -0.4 is 10.3 Å². The third-order valence-corrected chi connectivity index (χ3v) is 7.02. The van der Waals surface area contributed by atoms with Crippen molar-refractivity contribution in [2.45, 2.75) is 17.8 Å². The minimum atomic E-state index is -0.190. The SMILES string of the molecule is COc1ccc(C)cc1-n1c(SCc2ccc(Cl)cc2Cl)nc2c([nH]c3ccccc32)c1=O. The molecule has 0 saturated carbocycles. The fourth-order valence-corrected chi connectivity index (χ4v) is 5.36. The number of aromatic nitrogens is 3. The van der Waals surface area contributed by atoms with Crippen LogP contribution in [0.3, 0.4) is 0 Å². The van der Waals surface area contributed by atoms with Gasteiger partial charge in [0.15, 0.2) is 5.16 Å². The van der Waals surface area contributed by atoms with Crippen LogP contribution in [0.2, 0.25) is 10.0 Å². The molecule has 3 aromatic carbocycles. The fraction of sp³-hybridized carbons (Fsp3) is 0.120. The van der Waals surface area contributed by atoms with E-state index < -0.39 is 0 Å². The van der Waals surface area contributed by atoms with Crippen molar-refractivity contribution in [2.75, 3.05) is 7.11 Å². The van der Waals surface area contributed by atoms with Gasteiger partial charge in [-0.2, -0.15) is 0 Å². The normalized spacial score (nSPS) is 11.4. The molecule has 0 bridgehead atoms. The number of fused-ring (bicyclic) bond motifs is 3. The minimum Gasteiger partial charge on any atom is -0.495 e. The molecule has 0 unspecified atom stereocenters. The van der Waals surface area contributed by atoms with Crippen molar-refractivity contribution in [1.82, 2.24) is 14.5 Å². The number of thioether (sulfide) groups is 1. The highest BCUT2D eigenvalue weighted by Gasteiger charge is 2.20. The van der Waals surface area contributed by atoms with Crippen molar-refractivity contribution in [3.63, 3.8) is 0 Å². The molecule has 0 aliphatic carbocycles. The molecule has 0 atom stereocenters. The summed E-state index contributed by atoms with van der Waals surface area (Å²) in [7, 11) is 1.59. The zero-order valence-corrected chi connectivity index (χ0v) is 20.2. The number of nitrogens with zero attached hydrogens (tertiary/aromatic N) is 2. The summed E-state index contributed by atoms with van der Waals surface area (Å²) in [6, 6.07) is 18.9. The first kappa shape index (κ1) is 21.9. The summed E-state index contributed by atoms with van der Waals surface area (Å²) < 4.78 is 7.20. The van der Waals surface area contributed by atoms with Crippen molar-refractivity contribution in [1.29, 1.82) is 0 Å². The number of ether oxygens (including phenoxy) is 1. The molecule has 0 aliphatic rings. The average Bonchev–Trinajstić information content (AvgIpc) is 3.18. The molecule has 166 valence electrons. The molecule has 5 aromatic rings. The summed E-state index contributed by atoms with van der Waals surface area (Å²) in [5.41, 5.74) is 4.32. The predicted octanol–water partition coefficient (Wildman–Crippen LogP) is 6.78. The summed E-state index contributed by atoms with van der Waals surface area (Å²) in [6.45, 7) is 1.98. The van der Waals surface area contributed by atoms with Gasteiger partial charge in [-0.1, -0.05) is 65.3 Å². The van der Waals surface area contributed by atoms with Crippen LogP contribution >= 0.6 is 35.0 Å². The predicted molar refractivity (Wildman–Crippen MR) is 137 cm³/mol. The topological polar surface area (TPSA) is 59.9 Å². The third kappa shape index (κ3) is 3.99. The van der Waals surface area contributed by atoms with Crippen LogP contribution in [0.5, 0.6) is 5.75 Å². The lowest BCUT2D eigenvalue weighted by Crippen LogP contribution is -2.22. The fourth-order valence-electron chi connectivity index (χ4n) is 3.81. The van der Waals surface area contributed by atoms with Crippen LogP contribution in [-0.4, -0.2) is 21.6 Å². The van der Waals surface area contributed by atoms with Crippen LogP contribution in [0, 0.1) is 6.92 Å². The maximum atomic E-state index is 13.8. The van der Waals surface area contributed by atoms with E-state index in [4.69, 9.17) is 32.9 Å². The van der Waals surface area contributed by atoms with E-state index in [1.165, 1.54) is 11.8 Å². The summed E-state index contributed by atoms with van der Waals surface area (Å²) in [4.78, 5) is 22.0. The molecule has 2 aromatic heterocycles. The monoisotopic (exact) mass is 495 g/mol. The molecule has 0 amide bonds. The second-order valence-electron chi connectivity index (χ2n) is 7.63. The Morgan fingerprint density at radius 3 is 2.70 bits per heavy atom. The van der Waals surface area contributed by atoms with Crippen LogP contribution in [0.1, 0.15) is 11.1 Å². The zero-order chi connectivity index (χ0) is 23.1. The Bertz CT molecular complexity index is 1580. The Morgan fingerprint density at radius 1 is 1.09 bits per heavy atom. The zero-order valence-electron chi connectivity index (χ0n) is 17.9. The van der Waals surface area contributed by atoms with Gasteiger partial charge < -0.3 is 9.72 Å². The van der Waals surface area contributed by atoms with Crippen molar-refractivity contribution in [2.24, 2.45) is 0 Å². The second-order valence-corrected chi connectivity index (χ2v) is 9.41. The number of aryl methyl sites for hydroxylation is 1. The van der Waals surface area contributed by atoms with Gasteiger partial charge in [0.05, 0.1) is 12.8 Å². The van der Waals surface area contributed by atoms with Gasteiger partial charge in [-0.3, -0.25) is 4.79 Å². The number of hydrogen-bond donors (Lipinski definition) is 1. The van der Waals surface area contributed by atoms with Gasteiger partial charge >= 0.3 is 0 Å². The van der Waals surface area contributed by atoms with Gasteiger partial charge in [-0.15, -0.1) is 0 Å². The van der Waals surface area contributed by atoms with E-state index in [0.29, 0.717) is 43.4 Å². The third-order valence-electron chi connectivity index (χ3n) is 5.44. The Balaban J connectivity index is 1.75. The molecular formula is C25H19Cl2N3O2S. The van der Waals surface area contributed by atoms with E-state index in [9.17, 15) is 4.79 Å². The number of methoxy groups -OCH3 is 1. The van der Waals surface area contributed by atoms with E-state index in [1.54, 1.807) is 23.8 Å². The Labute approximate surface area is 204 Å². The molecular weight excluding hydrogens is 477 g/mol. The molecule has 1 N–H and O–H groups in total. The number of aromatic amines is 1.